The van der Waals surface area contributed by atoms with E-state index in [2.05, 4.69) is 0 Å². The Bertz CT molecular complexity index is 708. The quantitative estimate of drug-likeness (QED) is 0.596. The first-order chi connectivity index (χ1) is 13.4. The Balaban J connectivity index is 2.27. The maximum atomic E-state index is 12.7. The van der Waals surface area contributed by atoms with Gasteiger partial charge in [-0.15, -0.1) is 0 Å². The maximum absolute atomic E-state index is 12.7. The van der Waals surface area contributed by atoms with Gasteiger partial charge in [-0.3, -0.25) is 9.59 Å². The first kappa shape index (κ1) is 23.2. The lowest BCUT2D eigenvalue weighted by molar-refractivity contribution is -0.153. The Labute approximate surface area is 174 Å². The van der Waals surface area contributed by atoms with Gasteiger partial charge in [-0.05, 0) is 62.1 Å². The summed E-state index contributed by atoms with van der Waals surface area (Å²) in [6.07, 6.45) is 5.61. The molecule has 1 aromatic rings. The van der Waals surface area contributed by atoms with Gasteiger partial charge in [0, 0.05) is 0 Å². The van der Waals surface area contributed by atoms with Gasteiger partial charge in [0.05, 0.1) is 12.0 Å². The minimum Gasteiger partial charge on any atom is -0.494 e. The van der Waals surface area contributed by atoms with E-state index < -0.39 is 28.2 Å². The molecule has 2 rings (SSSR count). The van der Waals surface area contributed by atoms with Crippen molar-refractivity contribution < 1.29 is 24.5 Å². The standard InChI is InChI=1S/C24H36O5/c1-22(2,3)24(21(27)28,17-9-7-6-8-10-17)18-11-13-19(14-12-18)29-16-15-23(4,5)20(25)26/h11-14,17H,6-10,15-16H2,1-5H3,(H,25,26)(H,27,28). The van der Waals surface area contributed by atoms with E-state index in [4.69, 9.17) is 4.74 Å². The van der Waals surface area contributed by atoms with Gasteiger partial charge in [-0.25, -0.2) is 0 Å². The summed E-state index contributed by atoms with van der Waals surface area (Å²) < 4.78 is 5.74. The number of carboxylic acid groups (broad SMARTS) is 2. The summed E-state index contributed by atoms with van der Waals surface area (Å²) in [6, 6.07) is 7.39. The molecule has 0 heterocycles. The van der Waals surface area contributed by atoms with E-state index in [1.807, 2.05) is 45.0 Å². The van der Waals surface area contributed by atoms with Crippen molar-refractivity contribution in [2.75, 3.05) is 6.61 Å². The van der Waals surface area contributed by atoms with Crippen LogP contribution in [0.25, 0.3) is 0 Å². The van der Waals surface area contributed by atoms with Gasteiger partial charge in [0.2, 0.25) is 0 Å². The van der Waals surface area contributed by atoms with Crippen molar-refractivity contribution in [2.45, 2.75) is 78.6 Å². The lowest BCUT2D eigenvalue weighted by atomic mass is 9.53. The van der Waals surface area contributed by atoms with Gasteiger partial charge >= 0.3 is 11.9 Å². The SMILES string of the molecule is CC(C)(CCOc1ccc(C(C(=O)O)(C2CCCCC2)C(C)(C)C)cc1)C(=O)O. The van der Waals surface area contributed by atoms with Crippen molar-refractivity contribution in [2.24, 2.45) is 16.7 Å². The summed E-state index contributed by atoms with van der Waals surface area (Å²) >= 11 is 0. The van der Waals surface area contributed by atoms with E-state index in [9.17, 15) is 19.8 Å². The molecule has 0 saturated heterocycles. The van der Waals surface area contributed by atoms with E-state index in [-0.39, 0.29) is 5.92 Å². The first-order valence-corrected chi connectivity index (χ1v) is 10.6. The molecule has 1 saturated carbocycles. The van der Waals surface area contributed by atoms with Gasteiger partial charge in [-0.2, -0.15) is 0 Å². The summed E-state index contributed by atoms with van der Waals surface area (Å²) in [7, 11) is 0. The molecule has 0 bridgehead atoms. The lowest BCUT2D eigenvalue weighted by Gasteiger charge is -2.48. The van der Waals surface area contributed by atoms with Crippen LogP contribution in [0, 0.1) is 16.7 Å². The van der Waals surface area contributed by atoms with Gasteiger partial charge in [0.1, 0.15) is 11.2 Å². The highest BCUT2D eigenvalue weighted by atomic mass is 16.5. The fourth-order valence-corrected chi connectivity index (χ4v) is 4.78. The molecule has 29 heavy (non-hydrogen) atoms. The molecule has 5 heteroatoms. The molecule has 1 fully saturated rings. The van der Waals surface area contributed by atoms with Gasteiger partial charge in [0.15, 0.2) is 0 Å². The molecule has 1 aromatic carbocycles. The van der Waals surface area contributed by atoms with Crippen LogP contribution in [0.4, 0.5) is 0 Å². The van der Waals surface area contributed by atoms with E-state index in [0.29, 0.717) is 18.8 Å². The number of hydrogen-bond donors (Lipinski definition) is 2. The van der Waals surface area contributed by atoms with Crippen LogP contribution in [0.2, 0.25) is 0 Å². The predicted octanol–water partition coefficient (Wildman–Crippen LogP) is 5.52. The summed E-state index contributed by atoms with van der Waals surface area (Å²) in [4.78, 5) is 23.9. The number of rotatable bonds is 8. The number of hydrogen-bond acceptors (Lipinski definition) is 3. The molecule has 0 aromatic heterocycles. The second-order valence-electron chi connectivity index (χ2n) is 10.0. The fourth-order valence-electron chi connectivity index (χ4n) is 4.78. The van der Waals surface area contributed by atoms with Crippen LogP contribution in [0.3, 0.4) is 0 Å². The number of benzene rings is 1. The van der Waals surface area contributed by atoms with Crippen LogP contribution in [-0.2, 0) is 15.0 Å². The number of carboxylic acids is 2. The Morgan fingerprint density at radius 2 is 1.48 bits per heavy atom. The van der Waals surface area contributed by atoms with E-state index in [1.165, 1.54) is 6.42 Å². The van der Waals surface area contributed by atoms with Crippen molar-refractivity contribution in [3.05, 3.63) is 29.8 Å². The van der Waals surface area contributed by atoms with Gasteiger partial charge < -0.3 is 14.9 Å². The maximum Gasteiger partial charge on any atom is 0.314 e. The predicted molar refractivity (Wildman–Crippen MR) is 113 cm³/mol. The molecule has 1 aliphatic rings. The van der Waals surface area contributed by atoms with Crippen LogP contribution in [0.5, 0.6) is 5.75 Å². The molecule has 0 spiro atoms. The van der Waals surface area contributed by atoms with Gasteiger partial charge in [-0.1, -0.05) is 52.2 Å². The van der Waals surface area contributed by atoms with Crippen molar-refractivity contribution in [1.82, 2.24) is 0 Å². The molecular weight excluding hydrogens is 368 g/mol. The summed E-state index contributed by atoms with van der Waals surface area (Å²) in [6.45, 7) is 9.72. The van der Waals surface area contributed by atoms with E-state index in [1.54, 1.807) is 13.8 Å². The molecule has 2 N–H and O–H groups in total. The van der Waals surface area contributed by atoms with Crippen LogP contribution in [0.15, 0.2) is 24.3 Å². The lowest BCUT2D eigenvalue weighted by Crippen LogP contribution is -2.53. The third kappa shape index (κ3) is 4.76. The number of ether oxygens (including phenoxy) is 1. The zero-order valence-corrected chi connectivity index (χ0v) is 18.5. The average Bonchev–Trinajstić information content (AvgIpc) is 2.62. The van der Waals surface area contributed by atoms with E-state index in [0.717, 1.165) is 31.2 Å². The molecule has 1 unspecified atom stereocenters. The molecular formula is C24H36O5. The fraction of sp³-hybridized carbons (Fsp3) is 0.667. The highest BCUT2D eigenvalue weighted by Gasteiger charge is 2.55. The largest absolute Gasteiger partial charge is 0.494 e. The van der Waals surface area contributed by atoms with Crippen molar-refractivity contribution in [3.8, 4) is 5.75 Å². The molecule has 1 aliphatic carbocycles. The zero-order chi connectivity index (χ0) is 21.9. The molecule has 0 aliphatic heterocycles. The average molecular weight is 405 g/mol. The topological polar surface area (TPSA) is 83.8 Å². The Morgan fingerprint density at radius 1 is 0.931 bits per heavy atom. The summed E-state index contributed by atoms with van der Waals surface area (Å²) in [5, 5.41) is 19.6. The second-order valence-corrected chi connectivity index (χ2v) is 10.0. The van der Waals surface area contributed by atoms with Crippen LogP contribution in [-0.4, -0.2) is 28.8 Å². The molecule has 0 amide bonds. The summed E-state index contributed by atoms with van der Waals surface area (Å²) in [5.74, 6) is -0.863. The van der Waals surface area contributed by atoms with Crippen molar-refractivity contribution >= 4 is 11.9 Å². The second kappa shape index (κ2) is 8.76. The Kier molecular flexibility index (Phi) is 7.02. The first-order valence-electron chi connectivity index (χ1n) is 10.6. The highest BCUT2D eigenvalue weighted by molar-refractivity contribution is 5.83. The zero-order valence-electron chi connectivity index (χ0n) is 18.5. The van der Waals surface area contributed by atoms with Crippen LogP contribution in [0.1, 0.15) is 78.7 Å². The molecule has 0 radical (unpaired) electrons. The third-order valence-corrected chi connectivity index (χ3v) is 6.62. The van der Waals surface area contributed by atoms with Crippen LogP contribution < -0.4 is 4.74 Å². The Hall–Kier alpha value is -2.04. The molecule has 162 valence electrons. The normalized spacial score (nSPS) is 18.1. The van der Waals surface area contributed by atoms with Crippen LogP contribution >= 0.6 is 0 Å². The molecule has 1 atom stereocenters. The smallest absolute Gasteiger partial charge is 0.314 e. The highest BCUT2D eigenvalue weighted by Crippen LogP contribution is 2.52. The number of carbonyl (C=O) groups is 2. The third-order valence-electron chi connectivity index (χ3n) is 6.62. The summed E-state index contributed by atoms with van der Waals surface area (Å²) in [5.41, 5.74) is -1.40. The van der Waals surface area contributed by atoms with E-state index >= 15 is 0 Å². The molecule has 5 nitrogen and oxygen atoms in total. The minimum atomic E-state index is -0.947. The monoisotopic (exact) mass is 404 g/mol. The Morgan fingerprint density at radius 3 is 1.93 bits per heavy atom. The minimum absolute atomic E-state index is 0.108. The number of aliphatic carboxylic acids is 2. The van der Waals surface area contributed by atoms with Crippen molar-refractivity contribution in [1.29, 1.82) is 0 Å². The van der Waals surface area contributed by atoms with Gasteiger partial charge in [0.25, 0.3) is 0 Å². The van der Waals surface area contributed by atoms with Crippen molar-refractivity contribution in [3.63, 3.8) is 0 Å².